The summed E-state index contributed by atoms with van der Waals surface area (Å²) in [6.45, 7) is 9.41. The Balaban J connectivity index is 1.59. The molecule has 0 aliphatic carbocycles. The van der Waals surface area contributed by atoms with Gasteiger partial charge in [-0.05, 0) is 51.7 Å². The van der Waals surface area contributed by atoms with Crippen LogP contribution in [0.5, 0.6) is 0 Å². The zero-order chi connectivity index (χ0) is 18.9. The van der Waals surface area contributed by atoms with Crippen molar-refractivity contribution < 1.29 is 0 Å². The van der Waals surface area contributed by atoms with Gasteiger partial charge in [-0.2, -0.15) is 5.10 Å². The molecule has 2 aromatic heterocycles. The third-order valence-electron chi connectivity index (χ3n) is 5.14. The third kappa shape index (κ3) is 3.61. The summed E-state index contributed by atoms with van der Waals surface area (Å²) in [7, 11) is 0. The van der Waals surface area contributed by atoms with E-state index in [1.807, 2.05) is 10.9 Å². The van der Waals surface area contributed by atoms with Gasteiger partial charge < -0.3 is 10.2 Å². The van der Waals surface area contributed by atoms with Crippen molar-refractivity contribution in [3.05, 3.63) is 42.4 Å². The second kappa shape index (κ2) is 7.18. The minimum atomic E-state index is -0.117. The van der Waals surface area contributed by atoms with Gasteiger partial charge in [0.25, 0.3) is 0 Å². The van der Waals surface area contributed by atoms with Crippen molar-refractivity contribution >= 4 is 22.5 Å². The number of anilines is 2. The smallest absolute Gasteiger partial charge is 0.163 e. The van der Waals surface area contributed by atoms with Crippen LogP contribution in [-0.4, -0.2) is 32.8 Å². The van der Waals surface area contributed by atoms with E-state index < -0.39 is 0 Å². The Kier molecular flexibility index (Phi) is 4.72. The molecule has 0 atom stereocenters. The highest BCUT2D eigenvalue weighted by Crippen LogP contribution is 2.27. The lowest BCUT2D eigenvalue weighted by Crippen LogP contribution is -2.30. The topological polar surface area (TPSA) is 58.9 Å². The van der Waals surface area contributed by atoms with Crippen molar-refractivity contribution in [3.63, 3.8) is 0 Å². The van der Waals surface area contributed by atoms with Gasteiger partial charge in [-0.25, -0.2) is 14.6 Å². The molecular formula is C21H28N6. The molecule has 1 aromatic carbocycles. The first-order valence-corrected chi connectivity index (χ1v) is 9.80. The van der Waals surface area contributed by atoms with Gasteiger partial charge in [0.2, 0.25) is 0 Å². The molecule has 1 saturated heterocycles. The minimum absolute atomic E-state index is 0.117. The summed E-state index contributed by atoms with van der Waals surface area (Å²) in [6.07, 6.45) is 7.37. The van der Waals surface area contributed by atoms with Gasteiger partial charge in [0.1, 0.15) is 12.1 Å². The van der Waals surface area contributed by atoms with Crippen LogP contribution in [0.1, 0.15) is 45.6 Å². The number of aromatic nitrogens is 4. The molecule has 0 saturated carbocycles. The minimum Gasteiger partial charge on any atom is -0.371 e. The number of benzene rings is 1. The van der Waals surface area contributed by atoms with E-state index in [1.165, 1.54) is 30.5 Å². The lowest BCUT2D eigenvalue weighted by molar-refractivity contribution is 0.366. The normalized spacial score (nSPS) is 15.3. The van der Waals surface area contributed by atoms with Gasteiger partial charge >= 0.3 is 0 Å². The summed E-state index contributed by atoms with van der Waals surface area (Å²) in [4.78, 5) is 11.4. The standard InChI is InChI=1S/C21H28N6/c1-21(2,3)27-20-17(14-25-27)19(23-15-24-20)22-13-16-9-5-6-10-18(16)26-11-7-4-8-12-26/h5-6,9-10,14-15H,4,7-8,11-13H2,1-3H3,(H,22,23,24). The molecule has 1 aliphatic heterocycles. The molecule has 1 fully saturated rings. The number of nitrogens with zero attached hydrogens (tertiary/aromatic N) is 5. The fourth-order valence-electron chi connectivity index (χ4n) is 3.76. The number of fused-ring (bicyclic) bond motifs is 1. The number of hydrogen-bond donors (Lipinski definition) is 1. The van der Waals surface area contributed by atoms with Gasteiger partial charge in [-0.15, -0.1) is 0 Å². The number of hydrogen-bond acceptors (Lipinski definition) is 5. The average molecular weight is 364 g/mol. The molecule has 1 N–H and O–H groups in total. The summed E-state index contributed by atoms with van der Waals surface area (Å²) in [5, 5.41) is 9.02. The van der Waals surface area contributed by atoms with E-state index in [0.29, 0.717) is 0 Å². The van der Waals surface area contributed by atoms with Crippen LogP contribution >= 0.6 is 0 Å². The van der Waals surface area contributed by atoms with E-state index >= 15 is 0 Å². The Morgan fingerprint density at radius 3 is 2.59 bits per heavy atom. The van der Waals surface area contributed by atoms with Gasteiger partial charge in [-0.1, -0.05) is 18.2 Å². The van der Waals surface area contributed by atoms with Crippen molar-refractivity contribution in [1.82, 2.24) is 19.7 Å². The van der Waals surface area contributed by atoms with Crippen LogP contribution in [0.25, 0.3) is 11.0 Å². The maximum Gasteiger partial charge on any atom is 0.163 e. The van der Waals surface area contributed by atoms with Crippen molar-refractivity contribution in [2.45, 2.75) is 52.1 Å². The molecule has 1 aliphatic rings. The maximum absolute atomic E-state index is 4.54. The zero-order valence-corrected chi connectivity index (χ0v) is 16.4. The van der Waals surface area contributed by atoms with Crippen molar-refractivity contribution in [3.8, 4) is 0 Å². The lowest BCUT2D eigenvalue weighted by Gasteiger charge is -2.30. The van der Waals surface area contributed by atoms with Gasteiger partial charge in [0, 0.05) is 25.3 Å². The van der Waals surface area contributed by atoms with E-state index in [-0.39, 0.29) is 5.54 Å². The van der Waals surface area contributed by atoms with Crippen molar-refractivity contribution in [1.29, 1.82) is 0 Å². The van der Waals surface area contributed by atoms with Crippen LogP contribution in [0.4, 0.5) is 11.5 Å². The molecule has 27 heavy (non-hydrogen) atoms. The highest BCUT2D eigenvalue weighted by atomic mass is 15.3. The fraction of sp³-hybridized carbons (Fsp3) is 0.476. The van der Waals surface area contributed by atoms with Gasteiger partial charge in [-0.3, -0.25) is 0 Å². The Hall–Kier alpha value is -2.63. The first-order chi connectivity index (χ1) is 13.0. The Morgan fingerprint density at radius 1 is 1.04 bits per heavy atom. The molecule has 0 radical (unpaired) electrons. The van der Waals surface area contributed by atoms with Crippen LogP contribution in [0.15, 0.2) is 36.8 Å². The van der Waals surface area contributed by atoms with Crippen molar-refractivity contribution in [2.75, 3.05) is 23.3 Å². The zero-order valence-electron chi connectivity index (χ0n) is 16.4. The number of para-hydroxylation sites is 1. The third-order valence-corrected chi connectivity index (χ3v) is 5.14. The van der Waals surface area contributed by atoms with Crippen LogP contribution in [0, 0.1) is 0 Å². The predicted molar refractivity (Wildman–Crippen MR) is 110 cm³/mol. The van der Waals surface area contributed by atoms with Crippen molar-refractivity contribution in [2.24, 2.45) is 0 Å². The molecule has 3 heterocycles. The SMILES string of the molecule is CC(C)(C)n1ncc2c(NCc3ccccc3N3CCCCC3)ncnc21. The van der Waals surface area contributed by atoms with E-state index in [2.05, 4.69) is 70.3 Å². The van der Waals surface area contributed by atoms with Crippen LogP contribution in [-0.2, 0) is 12.1 Å². The molecule has 0 unspecified atom stereocenters. The predicted octanol–water partition coefficient (Wildman–Crippen LogP) is 4.18. The monoisotopic (exact) mass is 364 g/mol. The fourth-order valence-corrected chi connectivity index (χ4v) is 3.76. The van der Waals surface area contributed by atoms with E-state index in [4.69, 9.17) is 0 Å². The molecule has 0 amide bonds. The van der Waals surface area contributed by atoms with Gasteiger partial charge in [0.15, 0.2) is 5.65 Å². The average Bonchev–Trinajstić information content (AvgIpc) is 3.12. The molecule has 0 bridgehead atoms. The Labute approximate surface area is 160 Å². The molecule has 0 spiro atoms. The van der Waals surface area contributed by atoms with E-state index in [0.717, 1.165) is 36.5 Å². The van der Waals surface area contributed by atoms with Gasteiger partial charge in [0.05, 0.1) is 17.1 Å². The number of piperidine rings is 1. The Bertz CT molecular complexity index is 918. The second-order valence-corrected chi connectivity index (χ2v) is 8.22. The summed E-state index contributed by atoms with van der Waals surface area (Å²) < 4.78 is 1.96. The number of rotatable bonds is 4. The quantitative estimate of drug-likeness (QED) is 0.752. The summed E-state index contributed by atoms with van der Waals surface area (Å²) in [6, 6.07) is 8.67. The highest BCUT2D eigenvalue weighted by molar-refractivity contribution is 5.86. The molecule has 142 valence electrons. The molecular weight excluding hydrogens is 336 g/mol. The highest BCUT2D eigenvalue weighted by Gasteiger charge is 2.20. The maximum atomic E-state index is 4.54. The van der Waals surface area contributed by atoms with Crippen LogP contribution in [0.3, 0.4) is 0 Å². The van der Waals surface area contributed by atoms with E-state index in [1.54, 1.807) is 6.33 Å². The molecule has 4 rings (SSSR count). The Morgan fingerprint density at radius 2 is 1.81 bits per heavy atom. The molecule has 6 heteroatoms. The second-order valence-electron chi connectivity index (χ2n) is 8.22. The molecule has 6 nitrogen and oxygen atoms in total. The summed E-state index contributed by atoms with van der Waals surface area (Å²) >= 11 is 0. The first kappa shape index (κ1) is 17.8. The first-order valence-electron chi connectivity index (χ1n) is 9.80. The van der Waals surface area contributed by atoms with Crippen LogP contribution < -0.4 is 10.2 Å². The number of nitrogens with one attached hydrogen (secondary N) is 1. The lowest BCUT2D eigenvalue weighted by atomic mass is 10.1. The van der Waals surface area contributed by atoms with Crippen LogP contribution in [0.2, 0.25) is 0 Å². The summed E-state index contributed by atoms with van der Waals surface area (Å²) in [5.74, 6) is 0.837. The van der Waals surface area contributed by atoms with E-state index in [9.17, 15) is 0 Å². The summed E-state index contributed by atoms with van der Waals surface area (Å²) in [5.41, 5.74) is 3.38. The molecule has 3 aromatic rings. The largest absolute Gasteiger partial charge is 0.371 e.